The van der Waals surface area contributed by atoms with E-state index in [1.54, 1.807) is 0 Å². The molecule has 6 nitrogen and oxygen atoms in total. The second-order valence-electron chi connectivity index (χ2n) is 7.72. The van der Waals surface area contributed by atoms with E-state index in [1.165, 1.54) is 12.0 Å². The molecule has 1 aromatic rings. The number of rotatable bonds is 8. The maximum atomic E-state index is 12.1. The average Bonchev–Trinajstić information content (AvgIpc) is 3.19. The number of benzene rings is 1. The van der Waals surface area contributed by atoms with E-state index in [2.05, 4.69) is 15.5 Å². The number of hydrogen-bond acceptors (Lipinski definition) is 4. The molecule has 2 fully saturated rings. The van der Waals surface area contributed by atoms with Gasteiger partial charge in [-0.05, 0) is 57.2 Å². The Bertz CT molecular complexity index is 573. The predicted octanol–water partition coefficient (Wildman–Crippen LogP) is 3.02. The maximum Gasteiger partial charge on any atom is 0.319 e. The summed E-state index contributed by atoms with van der Waals surface area (Å²) in [5.74, 6) is 0.501. The summed E-state index contributed by atoms with van der Waals surface area (Å²) in [4.78, 5) is 14.5. The molecule has 3 rings (SSSR count). The molecule has 0 aromatic heterocycles. The molecule has 2 aliphatic heterocycles. The number of nitrogens with one attached hydrogen (secondary N) is 2. The van der Waals surface area contributed by atoms with Crippen LogP contribution in [0.15, 0.2) is 24.3 Å². The largest absolute Gasteiger partial charge is 0.377 e. The van der Waals surface area contributed by atoms with Gasteiger partial charge in [-0.15, -0.1) is 0 Å². The van der Waals surface area contributed by atoms with Crippen LogP contribution in [0.5, 0.6) is 0 Å². The van der Waals surface area contributed by atoms with Crippen LogP contribution in [0.1, 0.15) is 31.2 Å². The number of aryl methyl sites for hydroxylation is 1. The molecule has 2 aliphatic rings. The average molecular weight is 376 g/mol. The summed E-state index contributed by atoms with van der Waals surface area (Å²) in [5.41, 5.74) is 2.01. The lowest BCUT2D eigenvalue weighted by Gasteiger charge is -2.32. The minimum absolute atomic E-state index is 0.129. The van der Waals surface area contributed by atoms with Gasteiger partial charge in [0.15, 0.2) is 0 Å². The molecular formula is C21H33N3O3. The summed E-state index contributed by atoms with van der Waals surface area (Å²) >= 11 is 0. The van der Waals surface area contributed by atoms with Gasteiger partial charge < -0.3 is 25.0 Å². The first kappa shape index (κ1) is 20.1. The zero-order valence-corrected chi connectivity index (χ0v) is 16.4. The fourth-order valence-corrected chi connectivity index (χ4v) is 3.75. The Morgan fingerprint density at radius 1 is 1.26 bits per heavy atom. The lowest BCUT2D eigenvalue weighted by molar-refractivity contribution is 0.00731. The zero-order chi connectivity index (χ0) is 18.9. The SMILES string of the molecule is Cc1ccc(NC(=O)NCC2CCCN(CCOCC3CCCO3)C2)cc1. The number of anilines is 1. The van der Waals surface area contributed by atoms with Crippen molar-refractivity contribution in [1.29, 1.82) is 0 Å². The van der Waals surface area contributed by atoms with Gasteiger partial charge in [-0.1, -0.05) is 17.7 Å². The molecule has 0 saturated carbocycles. The Morgan fingerprint density at radius 2 is 2.11 bits per heavy atom. The van der Waals surface area contributed by atoms with Crippen LogP contribution in [0, 0.1) is 12.8 Å². The molecule has 0 spiro atoms. The van der Waals surface area contributed by atoms with Crippen molar-refractivity contribution in [3.05, 3.63) is 29.8 Å². The van der Waals surface area contributed by atoms with Crippen molar-refractivity contribution >= 4 is 11.7 Å². The highest BCUT2D eigenvalue weighted by Gasteiger charge is 2.21. The number of carbonyl (C=O) groups excluding carboxylic acids is 1. The summed E-state index contributed by atoms with van der Waals surface area (Å²) < 4.78 is 11.4. The monoisotopic (exact) mass is 375 g/mol. The second kappa shape index (κ2) is 10.6. The Balaban J connectivity index is 1.29. The first-order chi connectivity index (χ1) is 13.2. The minimum atomic E-state index is -0.129. The van der Waals surface area contributed by atoms with Crippen LogP contribution in [0.3, 0.4) is 0 Å². The predicted molar refractivity (Wildman–Crippen MR) is 107 cm³/mol. The molecule has 0 radical (unpaired) electrons. The number of ether oxygens (including phenoxy) is 2. The molecule has 2 saturated heterocycles. The van der Waals surface area contributed by atoms with Gasteiger partial charge in [0.05, 0.1) is 19.3 Å². The van der Waals surface area contributed by atoms with Gasteiger partial charge in [0.25, 0.3) is 0 Å². The standard InChI is InChI=1S/C21H33N3O3/c1-17-6-8-19(9-7-17)23-21(25)22-14-18-4-2-10-24(15-18)11-13-26-16-20-5-3-12-27-20/h6-9,18,20H,2-5,10-16H2,1H3,(H2,22,23,25). The van der Waals surface area contributed by atoms with Gasteiger partial charge in [0.2, 0.25) is 0 Å². The Labute approximate surface area is 162 Å². The fraction of sp³-hybridized carbons (Fsp3) is 0.667. The van der Waals surface area contributed by atoms with Crippen molar-refractivity contribution in [3.63, 3.8) is 0 Å². The van der Waals surface area contributed by atoms with Crippen LogP contribution in [0.4, 0.5) is 10.5 Å². The van der Waals surface area contributed by atoms with Gasteiger partial charge in [-0.2, -0.15) is 0 Å². The maximum absolute atomic E-state index is 12.1. The lowest BCUT2D eigenvalue weighted by atomic mass is 9.98. The molecule has 2 amide bonds. The molecule has 2 atom stereocenters. The van der Waals surface area contributed by atoms with E-state index < -0.39 is 0 Å². The lowest BCUT2D eigenvalue weighted by Crippen LogP contribution is -2.43. The first-order valence-electron chi connectivity index (χ1n) is 10.2. The van der Waals surface area contributed by atoms with Crippen LogP contribution in [-0.4, -0.2) is 63.0 Å². The molecule has 1 aromatic carbocycles. The molecule has 27 heavy (non-hydrogen) atoms. The van der Waals surface area contributed by atoms with E-state index in [9.17, 15) is 4.79 Å². The second-order valence-corrected chi connectivity index (χ2v) is 7.72. The number of carbonyl (C=O) groups is 1. The number of urea groups is 1. The van der Waals surface area contributed by atoms with Gasteiger partial charge in [0, 0.05) is 31.9 Å². The third kappa shape index (κ3) is 7.13. The van der Waals surface area contributed by atoms with Crippen molar-refractivity contribution in [1.82, 2.24) is 10.2 Å². The molecular weight excluding hydrogens is 342 g/mol. The Hall–Kier alpha value is -1.63. The minimum Gasteiger partial charge on any atom is -0.377 e. The molecule has 2 heterocycles. The van der Waals surface area contributed by atoms with Gasteiger partial charge in [0.1, 0.15) is 0 Å². The smallest absolute Gasteiger partial charge is 0.319 e. The highest BCUT2D eigenvalue weighted by molar-refractivity contribution is 5.89. The number of hydrogen-bond donors (Lipinski definition) is 2. The molecule has 150 valence electrons. The number of piperidine rings is 1. The number of likely N-dealkylation sites (tertiary alicyclic amines) is 1. The third-order valence-corrected chi connectivity index (χ3v) is 5.34. The van der Waals surface area contributed by atoms with Crippen LogP contribution < -0.4 is 10.6 Å². The number of nitrogens with zero attached hydrogens (tertiary/aromatic N) is 1. The van der Waals surface area contributed by atoms with Crippen LogP contribution in [-0.2, 0) is 9.47 Å². The quantitative estimate of drug-likeness (QED) is 0.686. The topological polar surface area (TPSA) is 62.8 Å². The van der Waals surface area contributed by atoms with E-state index in [-0.39, 0.29) is 6.03 Å². The molecule has 0 bridgehead atoms. The molecule has 6 heteroatoms. The van der Waals surface area contributed by atoms with E-state index >= 15 is 0 Å². The van der Waals surface area contributed by atoms with Crippen molar-refractivity contribution < 1.29 is 14.3 Å². The third-order valence-electron chi connectivity index (χ3n) is 5.34. The highest BCUT2D eigenvalue weighted by Crippen LogP contribution is 2.16. The van der Waals surface area contributed by atoms with Crippen LogP contribution in [0.2, 0.25) is 0 Å². The molecule has 0 aliphatic carbocycles. The van der Waals surface area contributed by atoms with Gasteiger partial charge in [-0.3, -0.25) is 0 Å². The van der Waals surface area contributed by atoms with Gasteiger partial charge in [-0.25, -0.2) is 4.79 Å². The summed E-state index contributed by atoms with van der Waals surface area (Å²) in [6, 6.07) is 7.71. The van der Waals surface area contributed by atoms with Gasteiger partial charge >= 0.3 is 6.03 Å². The van der Waals surface area contributed by atoms with E-state index in [4.69, 9.17) is 9.47 Å². The van der Waals surface area contributed by atoms with E-state index in [1.807, 2.05) is 31.2 Å². The van der Waals surface area contributed by atoms with Crippen molar-refractivity contribution in [2.24, 2.45) is 5.92 Å². The summed E-state index contributed by atoms with van der Waals surface area (Å²) in [6.07, 6.45) is 4.93. The van der Waals surface area contributed by atoms with E-state index in [0.717, 1.165) is 64.4 Å². The molecule has 2 unspecified atom stereocenters. The summed E-state index contributed by atoms with van der Waals surface area (Å²) in [6.45, 7) is 8.21. The Kier molecular flexibility index (Phi) is 7.93. The highest BCUT2D eigenvalue weighted by atomic mass is 16.5. The van der Waals surface area contributed by atoms with Crippen LogP contribution in [0.25, 0.3) is 0 Å². The van der Waals surface area contributed by atoms with Crippen LogP contribution >= 0.6 is 0 Å². The molecule has 2 N–H and O–H groups in total. The van der Waals surface area contributed by atoms with Crippen molar-refractivity contribution in [2.45, 2.75) is 38.7 Å². The number of amides is 2. The van der Waals surface area contributed by atoms with Crippen molar-refractivity contribution in [2.75, 3.05) is 51.3 Å². The van der Waals surface area contributed by atoms with Crippen molar-refractivity contribution in [3.8, 4) is 0 Å². The Morgan fingerprint density at radius 3 is 2.89 bits per heavy atom. The summed E-state index contributed by atoms with van der Waals surface area (Å²) in [5, 5.41) is 5.91. The normalized spacial score (nSPS) is 23.3. The fourth-order valence-electron chi connectivity index (χ4n) is 3.75. The summed E-state index contributed by atoms with van der Waals surface area (Å²) in [7, 11) is 0. The first-order valence-corrected chi connectivity index (χ1v) is 10.2. The zero-order valence-electron chi connectivity index (χ0n) is 16.4. The van der Waals surface area contributed by atoms with E-state index in [0.29, 0.717) is 18.6 Å².